The molecule has 2 N–H and O–H groups in total. The van der Waals surface area contributed by atoms with Gasteiger partial charge in [-0.05, 0) is 80.6 Å². The van der Waals surface area contributed by atoms with E-state index in [-0.39, 0.29) is 5.91 Å². The number of rotatable bonds is 5. The molecule has 0 saturated carbocycles. The number of nitrogens with zero attached hydrogens (tertiary/aromatic N) is 3. The maximum absolute atomic E-state index is 12.5. The van der Waals surface area contributed by atoms with Gasteiger partial charge in [0.1, 0.15) is 0 Å². The van der Waals surface area contributed by atoms with Gasteiger partial charge in [0.2, 0.25) is 5.95 Å². The van der Waals surface area contributed by atoms with Crippen molar-refractivity contribution in [2.75, 3.05) is 10.6 Å². The van der Waals surface area contributed by atoms with Crippen LogP contribution in [0.3, 0.4) is 0 Å². The summed E-state index contributed by atoms with van der Waals surface area (Å²) in [6.45, 7) is 3.87. The second-order valence-electron chi connectivity index (χ2n) is 6.77. The van der Waals surface area contributed by atoms with Gasteiger partial charge in [0, 0.05) is 46.4 Å². The van der Waals surface area contributed by atoms with Crippen LogP contribution >= 0.6 is 0 Å². The topological polar surface area (TPSA) is 71.8 Å². The molecule has 4 rings (SSSR count). The normalized spacial score (nSPS) is 10.6. The van der Waals surface area contributed by atoms with Gasteiger partial charge in [0.05, 0.1) is 0 Å². The van der Waals surface area contributed by atoms with Crippen LogP contribution in [-0.4, -0.2) is 20.4 Å². The van der Waals surface area contributed by atoms with Crippen molar-refractivity contribution in [1.82, 2.24) is 14.5 Å². The molecule has 4 aromatic rings. The van der Waals surface area contributed by atoms with Crippen LogP contribution in [0.25, 0.3) is 5.69 Å². The molecule has 0 aliphatic heterocycles. The average Bonchev–Trinajstić information content (AvgIpc) is 3.24. The van der Waals surface area contributed by atoms with Gasteiger partial charge in [-0.2, -0.15) is 0 Å². The number of amides is 1. The second kappa shape index (κ2) is 7.98. The lowest BCUT2D eigenvalue weighted by Gasteiger charge is -2.09. The summed E-state index contributed by atoms with van der Waals surface area (Å²) in [6.07, 6.45) is 3.93. The fraction of sp³-hybridized carbons (Fsp3) is 0.0870. The van der Waals surface area contributed by atoms with E-state index in [1.165, 1.54) is 0 Å². The molecular formula is C23H21N5O. The summed E-state index contributed by atoms with van der Waals surface area (Å²) < 4.78 is 1.99. The Morgan fingerprint density at radius 2 is 1.41 bits per heavy atom. The standard InChI is InChI=1S/C23H21N5O/c1-16-15-17(2)25-23(24-16)27-20-9-7-19(8-10-20)26-22(29)18-5-11-21(12-6-18)28-13-3-4-14-28/h3-15H,1-2H3,(H,26,29)(H,24,25,27). The molecule has 0 aliphatic rings. The predicted octanol–water partition coefficient (Wildman–Crippen LogP) is 4.88. The van der Waals surface area contributed by atoms with Crippen molar-refractivity contribution in [3.05, 3.63) is 96.1 Å². The summed E-state index contributed by atoms with van der Waals surface area (Å²) in [5.74, 6) is 0.407. The monoisotopic (exact) mass is 383 g/mol. The molecule has 2 aromatic carbocycles. The first-order valence-electron chi connectivity index (χ1n) is 9.31. The zero-order valence-corrected chi connectivity index (χ0v) is 16.3. The smallest absolute Gasteiger partial charge is 0.255 e. The second-order valence-corrected chi connectivity index (χ2v) is 6.77. The highest BCUT2D eigenvalue weighted by Crippen LogP contribution is 2.18. The van der Waals surface area contributed by atoms with E-state index in [0.717, 1.165) is 28.5 Å². The van der Waals surface area contributed by atoms with Crippen LogP contribution in [-0.2, 0) is 0 Å². The highest BCUT2D eigenvalue weighted by molar-refractivity contribution is 6.04. The van der Waals surface area contributed by atoms with Crippen molar-refractivity contribution in [3.8, 4) is 5.69 Å². The molecule has 0 bridgehead atoms. The van der Waals surface area contributed by atoms with E-state index in [4.69, 9.17) is 0 Å². The number of anilines is 3. The Labute approximate surface area is 169 Å². The number of benzene rings is 2. The zero-order valence-electron chi connectivity index (χ0n) is 16.3. The Morgan fingerprint density at radius 1 is 0.828 bits per heavy atom. The van der Waals surface area contributed by atoms with E-state index < -0.39 is 0 Å². The van der Waals surface area contributed by atoms with Crippen molar-refractivity contribution in [2.45, 2.75) is 13.8 Å². The van der Waals surface area contributed by atoms with Gasteiger partial charge in [-0.25, -0.2) is 9.97 Å². The number of aromatic nitrogens is 3. The van der Waals surface area contributed by atoms with Gasteiger partial charge in [-0.3, -0.25) is 4.79 Å². The van der Waals surface area contributed by atoms with Crippen LogP contribution in [0.1, 0.15) is 21.7 Å². The fourth-order valence-electron chi connectivity index (χ4n) is 3.04. The Hall–Kier alpha value is -3.93. The number of carbonyl (C=O) groups excluding carboxylic acids is 1. The molecule has 2 heterocycles. The summed E-state index contributed by atoms with van der Waals surface area (Å²) in [6, 6.07) is 20.8. The molecule has 0 atom stereocenters. The highest BCUT2D eigenvalue weighted by Gasteiger charge is 2.07. The van der Waals surface area contributed by atoms with Crippen molar-refractivity contribution < 1.29 is 4.79 Å². The van der Waals surface area contributed by atoms with Crippen LogP contribution in [0.5, 0.6) is 0 Å². The Bertz CT molecular complexity index is 1100. The quantitative estimate of drug-likeness (QED) is 0.515. The van der Waals surface area contributed by atoms with Crippen molar-refractivity contribution in [2.24, 2.45) is 0 Å². The molecule has 0 fully saturated rings. The third-order valence-corrected chi connectivity index (χ3v) is 4.41. The number of nitrogens with one attached hydrogen (secondary N) is 2. The first-order valence-corrected chi connectivity index (χ1v) is 9.31. The molecule has 6 heteroatoms. The van der Waals surface area contributed by atoms with Crippen LogP contribution in [0, 0.1) is 13.8 Å². The first-order chi connectivity index (χ1) is 14.1. The van der Waals surface area contributed by atoms with Crippen LogP contribution in [0.4, 0.5) is 17.3 Å². The average molecular weight is 383 g/mol. The SMILES string of the molecule is Cc1cc(C)nc(Nc2ccc(NC(=O)c3ccc(-n4cccc4)cc3)cc2)n1. The lowest BCUT2D eigenvalue weighted by Crippen LogP contribution is -2.11. The van der Waals surface area contributed by atoms with Gasteiger partial charge in [0.15, 0.2) is 0 Å². The molecule has 1 amide bonds. The van der Waals surface area contributed by atoms with Gasteiger partial charge in [-0.1, -0.05) is 0 Å². The predicted molar refractivity (Wildman–Crippen MR) is 115 cm³/mol. The zero-order chi connectivity index (χ0) is 20.2. The number of hydrogen-bond acceptors (Lipinski definition) is 4. The Kier molecular flexibility index (Phi) is 5.07. The lowest BCUT2D eigenvalue weighted by molar-refractivity contribution is 0.102. The molecular weight excluding hydrogens is 362 g/mol. The maximum Gasteiger partial charge on any atom is 0.255 e. The van der Waals surface area contributed by atoms with Gasteiger partial charge in [-0.15, -0.1) is 0 Å². The van der Waals surface area contributed by atoms with Crippen molar-refractivity contribution in [1.29, 1.82) is 0 Å². The molecule has 2 aromatic heterocycles. The molecule has 0 saturated heterocycles. The third kappa shape index (κ3) is 4.50. The van der Waals surface area contributed by atoms with E-state index in [0.29, 0.717) is 11.5 Å². The minimum Gasteiger partial charge on any atom is -0.324 e. The van der Waals surface area contributed by atoms with E-state index in [9.17, 15) is 4.79 Å². The van der Waals surface area contributed by atoms with E-state index >= 15 is 0 Å². The Balaban J connectivity index is 1.41. The Morgan fingerprint density at radius 3 is 2.03 bits per heavy atom. The maximum atomic E-state index is 12.5. The third-order valence-electron chi connectivity index (χ3n) is 4.41. The van der Waals surface area contributed by atoms with Crippen molar-refractivity contribution in [3.63, 3.8) is 0 Å². The number of hydrogen-bond donors (Lipinski definition) is 2. The highest BCUT2D eigenvalue weighted by atomic mass is 16.1. The summed E-state index contributed by atoms with van der Waals surface area (Å²) >= 11 is 0. The molecule has 6 nitrogen and oxygen atoms in total. The molecule has 144 valence electrons. The van der Waals surface area contributed by atoms with Crippen LogP contribution in [0.2, 0.25) is 0 Å². The minimum absolute atomic E-state index is 0.151. The summed E-state index contributed by atoms with van der Waals surface area (Å²) in [7, 11) is 0. The van der Waals surface area contributed by atoms with Crippen molar-refractivity contribution >= 4 is 23.2 Å². The van der Waals surface area contributed by atoms with Gasteiger partial charge in [0.25, 0.3) is 5.91 Å². The fourth-order valence-corrected chi connectivity index (χ4v) is 3.04. The summed E-state index contributed by atoms with van der Waals surface area (Å²) in [4.78, 5) is 21.3. The first kappa shape index (κ1) is 18.4. The summed E-state index contributed by atoms with van der Waals surface area (Å²) in [5, 5.41) is 6.10. The number of aryl methyl sites for hydroxylation is 2. The van der Waals surface area contributed by atoms with Crippen LogP contribution in [0.15, 0.2) is 79.1 Å². The molecule has 0 aliphatic carbocycles. The van der Waals surface area contributed by atoms with E-state index in [1.54, 1.807) is 0 Å². The minimum atomic E-state index is -0.151. The van der Waals surface area contributed by atoms with Crippen LogP contribution < -0.4 is 10.6 Å². The van der Waals surface area contributed by atoms with E-state index in [1.807, 2.05) is 97.5 Å². The van der Waals surface area contributed by atoms with Gasteiger partial charge < -0.3 is 15.2 Å². The van der Waals surface area contributed by atoms with E-state index in [2.05, 4.69) is 20.6 Å². The summed E-state index contributed by atoms with van der Waals surface area (Å²) in [5.41, 5.74) is 5.00. The number of carbonyl (C=O) groups is 1. The molecule has 0 spiro atoms. The largest absolute Gasteiger partial charge is 0.324 e. The molecule has 0 radical (unpaired) electrons. The molecule has 0 unspecified atom stereocenters. The van der Waals surface area contributed by atoms with Gasteiger partial charge >= 0.3 is 0 Å². The lowest BCUT2D eigenvalue weighted by atomic mass is 10.2. The molecule has 29 heavy (non-hydrogen) atoms.